The standard InChI is InChI=1S/C35H39F3N4O6S/c1-33(2,3)48-32(44)42-16-14-28(15-17-42)34(45,31(43)41-29-13-12-27(21-39)30(19-29)35(36,37)38)20-24-6-5-7-26(18-24)25-10-8-23(9-11-25)22-40-49(4,46)47/h5-13,18-19,28,40,45H,14-17,20,22H2,1-4H3,(H,41,43). The molecule has 0 spiro atoms. The Labute approximate surface area is 283 Å². The Hall–Kier alpha value is -4.45. The third-order valence-corrected chi connectivity index (χ3v) is 8.81. The Morgan fingerprint density at radius 3 is 2.20 bits per heavy atom. The van der Waals surface area contributed by atoms with E-state index in [1.54, 1.807) is 51.1 Å². The molecule has 0 radical (unpaired) electrons. The van der Waals surface area contributed by atoms with E-state index in [2.05, 4.69) is 10.0 Å². The Morgan fingerprint density at radius 2 is 1.63 bits per heavy atom. The number of amides is 2. The number of carbonyl (C=O) groups excluding carboxylic acids is 2. The van der Waals surface area contributed by atoms with E-state index in [1.165, 1.54) is 17.0 Å². The van der Waals surface area contributed by atoms with Gasteiger partial charge in [0.25, 0.3) is 5.91 Å². The molecule has 0 aliphatic carbocycles. The number of anilines is 1. The minimum atomic E-state index is -4.85. The van der Waals surface area contributed by atoms with Gasteiger partial charge in [-0.2, -0.15) is 18.4 Å². The summed E-state index contributed by atoms with van der Waals surface area (Å²) in [4.78, 5) is 28.1. The van der Waals surface area contributed by atoms with Gasteiger partial charge in [-0.15, -0.1) is 0 Å². The largest absolute Gasteiger partial charge is 0.444 e. The molecule has 0 saturated carbocycles. The van der Waals surface area contributed by atoms with E-state index in [4.69, 9.17) is 4.74 Å². The fraction of sp³-hybridized carbons (Fsp3) is 0.400. The molecular formula is C35H39F3N4O6S. The van der Waals surface area contributed by atoms with Crippen LogP contribution in [0.5, 0.6) is 0 Å². The van der Waals surface area contributed by atoms with E-state index in [0.29, 0.717) is 11.6 Å². The van der Waals surface area contributed by atoms with Crippen molar-refractivity contribution in [3.05, 3.63) is 89.0 Å². The lowest BCUT2D eigenvalue weighted by Gasteiger charge is -2.41. The highest BCUT2D eigenvalue weighted by molar-refractivity contribution is 7.88. The molecule has 0 bridgehead atoms. The summed E-state index contributed by atoms with van der Waals surface area (Å²) in [5.41, 5.74) is -2.02. The Kier molecular flexibility index (Phi) is 11.1. The molecule has 14 heteroatoms. The summed E-state index contributed by atoms with van der Waals surface area (Å²) in [6, 6.07) is 18.6. The highest BCUT2D eigenvalue weighted by Gasteiger charge is 2.46. The molecule has 1 fully saturated rings. The van der Waals surface area contributed by atoms with Gasteiger partial charge in [0.2, 0.25) is 10.0 Å². The fourth-order valence-corrected chi connectivity index (χ4v) is 6.10. The summed E-state index contributed by atoms with van der Waals surface area (Å²) in [6.45, 7) is 5.72. The zero-order chi connectivity index (χ0) is 36.2. The first-order valence-corrected chi connectivity index (χ1v) is 17.4. The van der Waals surface area contributed by atoms with E-state index in [9.17, 15) is 41.5 Å². The zero-order valence-electron chi connectivity index (χ0n) is 27.6. The summed E-state index contributed by atoms with van der Waals surface area (Å²) >= 11 is 0. The second-order valence-electron chi connectivity index (χ2n) is 13.2. The summed E-state index contributed by atoms with van der Waals surface area (Å²) in [6.07, 6.45) is -4.06. The number of aliphatic hydroxyl groups is 1. The van der Waals surface area contributed by atoms with Crippen LogP contribution in [0.15, 0.2) is 66.7 Å². The Morgan fingerprint density at radius 1 is 0.980 bits per heavy atom. The van der Waals surface area contributed by atoms with Gasteiger partial charge >= 0.3 is 12.3 Å². The third kappa shape index (κ3) is 10.0. The van der Waals surface area contributed by atoms with Crippen molar-refractivity contribution in [3.63, 3.8) is 0 Å². The lowest BCUT2D eigenvalue weighted by Crippen LogP contribution is -2.55. The lowest BCUT2D eigenvalue weighted by atomic mass is 9.76. The quantitative estimate of drug-likeness (QED) is 0.254. The zero-order valence-corrected chi connectivity index (χ0v) is 28.4. The molecule has 10 nitrogen and oxygen atoms in total. The molecule has 1 heterocycles. The smallest absolute Gasteiger partial charge is 0.417 e. The third-order valence-electron chi connectivity index (χ3n) is 8.14. The maximum Gasteiger partial charge on any atom is 0.417 e. The van der Waals surface area contributed by atoms with Crippen molar-refractivity contribution in [2.75, 3.05) is 24.7 Å². The van der Waals surface area contributed by atoms with Gasteiger partial charge in [-0.25, -0.2) is 17.9 Å². The fourth-order valence-electron chi connectivity index (χ4n) is 5.67. The average Bonchev–Trinajstić information content (AvgIpc) is 3.02. The molecular weight excluding hydrogens is 661 g/mol. The summed E-state index contributed by atoms with van der Waals surface area (Å²) in [5, 5.41) is 23.8. The molecule has 4 rings (SSSR count). The van der Waals surface area contributed by atoms with Gasteiger partial charge < -0.3 is 20.1 Å². The first kappa shape index (κ1) is 37.4. The maximum atomic E-state index is 13.9. The number of hydrogen-bond donors (Lipinski definition) is 3. The van der Waals surface area contributed by atoms with E-state index < -0.39 is 56.4 Å². The number of carbonyl (C=O) groups is 2. The lowest BCUT2D eigenvalue weighted by molar-refractivity contribution is -0.142. The summed E-state index contributed by atoms with van der Waals surface area (Å²) in [5.74, 6) is -1.61. The van der Waals surface area contributed by atoms with Crippen LogP contribution in [0.1, 0.15) is 55.9 Å². The van der Waals surface area contributed by atoms with Gasteiger partial charge in [0.05, 0.1) is 23.5 Å². The molecule has 1 unspecified atom stereocenters. The number of nitriles is 1. The number of piperidine rings is 1. The van der Waals surface area contributed by atoms with E-state index >= 15 is 0 Å². The van der Waals surface area contributed by atoms with Crippen LogP contribution in [-0.2, 0) is 38.7 Å². The second-order valence-corrected chi connectivity index (χ2v) is 15.0. The normalized spacial score (nSPS) is 15.6. The number of sulfonamides is 1. The minimum absolute atomic E-state index is 0.123. The predicted molar refractivity (Wildman–Crippen MR) is 178 cm³/mol. The van der Waals surface area contributed by atoms with Gasteiger partial charge in [-0.3, -0.25) is 4.79 Å². The first-order valence-electron chi connectivity index (χ1n) is 15.5. The molecule has 0 aromatic heterocycles. The van der Waals surface area contributed by atoms with E-state index in [-0.39, 0.29) is 44.6 Å². The van der Waals surface area contributed by atoms with Gasteiger partial charge in [-0.1, -0.05) is 48.5 Å². The van der Waals surface area contributed by atoms with Gasteiger partial charge in [0.1, 0.15) is 11.2 Å². The summed E-state index contributed by atoms with van der Waals surface area (Å²) in [7, 11) is -3.37. The number of hydrogen-bond acceptors (Lipinski definition) is 7. The number of halogens is 3. The van der Waals surface area contributed by atoms with Crippen LogP contribution in [0.3, 0.4) is 0 Å². The molecule has 1 atom stereocenters. The monoisotopic (exact) mass is 700 g/mol. The highest BCUT2D eigenvalue weighted by atomic mass is 32.2. The molecule has 1 saturated heterocycles. The van der Waals surface area contributed by atoms with Crippen LogP contribution in [-0.4, -0.2) is 61.0 Å². The number of alkyl halides is 3. The number of rotatable bonds is 9. The maximum absolute atomic E-state index is 13.9. The van der Waals surface area contributed by atoms with Crippen molar-refractivity contribution in [1.82, 2.24) is 9.62 Å². The second kappa shape index (κ2) is 14.6. The van der Waals surface area contributed by atoms with E-state index in [0.717, 1.165) is 29.0 Å². The molecule has 3 aromatic carbocycles. The van der Waals surface area contributed by atoms with Gasteiger partial charge in [0, 0.05) is 37.7 Å². The Balaban J connectivity index is 1.62. The van der Waals surface area contributed by atoms with Crippen molar-refractivity contribution in [3.8, 4) is 17.2 Å². The van der Waals surface area contributed by atoms with Crippen LogP contribution >= 0.6 is 0 Å². The average molecular weight is 701 g/mol. The number of benzene rings is 3. The topological polar surface area (TPSA) is 149 Å². The Bertz CT molecular complexity index is 1830. The number of nitrogens with zero attached hydrogens (tertiary/aromatic N) is 2. The van der Waals surface area contributed by atoms with Crippen molar-refractivity contribution >= 4 is 27.7 Å². The number of ether oxygens (including phenoxy) is 1. The molecule has 2 amide bonds. The van der Waals surface area contributed by atoms with Crippen LogP contribution in [0.25, 0.3) is 11.1 Å². The van der Waals surface area contributed by atoms with Crippen LogP contribution in [0.2, 0.25) is 0 Å². The molecule has 1 aliphatic rings. The highest BCUT2D eigenvalue weighted by Crippen LogP contribution is 2.36. The van der Waals surface area contributed by atoms with Crippen molar-refractivity contribution in [2.45, 2.75) is 64.0 Å². The predicted octanol–water partition coefficient (Wildman–Crippen LogP) is 5.85. The van der Waals surface area contributed by atoms with Gasteiger partial charge in [-0.05, 0) is 74.1 Å². The number of likely N-dealkylation sites (tertiary alicyclic amines) is 1. The van der Waals surface area contributed by atoms with Crippen LogP contribution in [0, 0.1) is 17.2 Å². The molecule has 262 valence electrons. The van der Waals surface area contributed by atoms with Crippen molar-refractivity contribution < 1.29 is 41.0 Å². The molecule has 1 aliphatic heterocycles. The van der Waals surface area contributed by atoms with E-state index in [1.807, 2.05) is 18.2 Å². The van der Waals surface area contributed by atoms with Crippen molar-refractivity contribution in [2.24, 2.45) is 5.92 Å². The van der Waals surface area contributed by atoms with Crippen LogP contribution in [0.4, 0.5) is 23.7 Å². The number of nitrogens with one attached hydrogen (secondary N) is 2. The molecule has 49 heavy (non-hydrogen) atoms. The van der Waals surface area contributed by atoms with Gasteiger partial charge in [0.15, 0.2) is 0 Å². The minimum Gasteiger partial charge on any atom is -0.444 e. The molecule has 3 N–H and O–H groups in total. The first-order chi connectivity index (χ1) is 22.8. The van der Waals surface area contributed by atoms with Crippen molar-refractivity contribution in [1.29, 1.82) is 5.26 Å². The molecule has 3 aromatic rings. The van der Waals surface area contributed by atoms with Crippen LogP contribution < -0.4 is 10.0 Å². The SMILES string of the molecule is CC(C)(C)OC(=O)N1CCC(C(O)(Cc2cccc(-c3ccc(CNS(C)(=O)=O)cc3)c2)C(=O)Nc2ccc(C#N)c(C(F)(F)F)c2)CC1. The summed E-state index contributed by atoms with van der Waals surface area (Å²) < 4.78 is 71.8.